The molecule has 0 aliphatic rings. The van der Waals surface area contributed by atoms with Crippen LogP contribution in [0, 0.1) is 0 Å². The minimum absolute atomic E-state index is 0.190. The number of thiazole rings is 1. The lowest BCUT2D eigenvalue weighted by Crippen LogP contribution is -2.26. The molecule has 0 atom stereocenters. The Labute approximate surface area is 215 Å². The number of carbonyl (C=O) groups is 1. The molecule has 1 aromatic heterocycles. The zero-order chi connectivity index (χ0) is 25.2. The Bertz CT molecular complexity index is 1260. The predicted molar refractivity (Wildman–Crippen MR) is 146 cm³/mol. The van der Waals surface area contributed by atoms with Gasteiger partial charge in [0.2, 0.25) is 0 Å². The fourth-order valence-corrected chi connectivity index (χ4v) is 4.49. The summed E-state index contributed by atoms with van der Waals surface area (Å²) in [5.41, 5.74) is 4.91. The van der Waals surface area contributed by atoms with Gasteiger partial charge in [-0.15, -0.1) is 11.3 Å². The molecule has 7 heteroatoms. The molecule has 184 valence electrons. The van der Waals surface area contributed by atoms with Gasteiger partial charge in [0.15, 0.2) is 16.6 Å². The Balaban J connectivity index is 1.33. The number of aromatic nitrogens is 1. The molecule has 1 heterocycles. The van der Waals surface area contributed by atoms with Crippen molar-refractivity contribution in [2.45, 2.75) is 6.42 Å². The SMILES string of the molecule is COc1ccc(CCNC(=O)c2csc(NCC=C(c3ccccc3)c3ccccc3)n2)cc1OC. The molecule has 0 radical (unpaired) electrons. The van der Waals surface area contributed by atoms with Gasteiger partial charge in [0.05, 0.1) is 14.2 Å². The summed E-state index contributed by atoms with van der Waals surface area (Å²) in [7, 11) is 3.22. The van der Waals surface area contributed by atoms with E-state index in [-0.39, 0.29) is 5.91 Å². The summed E-state index contributed by atoms with van der Waals surface area (Å²) < 4.78 is 10.6. The highest BCUT2D eigenvalue weighted by atomic mass is 32.1. The molecule has 4 aromatic rings. The van der Waals surface area contributed by atoms with Crippen LogP contribution in [-0.4, -0.2) is 38.2 Å². The first-order valence-electron chi connectivity index (χ1n) is 11.7. The third-order valence-corrected chi connectivity index (χ3v) is 6.41. The van der Waals surface area contributed by atoms with E-state index in [1.165, 1.54) is 11.3 Å². The van der Waals surface area contributed by atoms with Gasteiger partial charge in [-0.1, -0.05) is 72.8 Å². The third kappa shape index (κ3) is 6.52. The first-order valence-corrected chi connectivity index (χ1v) is 12.6. The highest BCUT2D eigenvalue weighted by Gasteiger charge is 2.11. The van der Waals surface area contributed by atoms with Gasteiger partial charge in [0.1, 0.15) is 5.69 Å². The van der Waals surface area contributed by atoms with Crippen molar-refractivity contribution in [1.29, 1.82) is 0 Å². The van der Waals surface area contributed by atoms with Crippen LogP contribution in [0.15, 0.2) is 90.3 Å². The lowest BCUT2D eigenvalue weighted by atomic mass is 9.98. The summed E-state index contributed by atoms with van der Waals surface area (Å²) in [5.74, 6) is 1.17. The molecule has 1 amide bonds. The average molecular weight is 500 g/mol. The van der Waals surface area contributed by atoms with Gasteiger partial charge in [-0.25, -0.2) is 4.98 Å². The van der Waals surface area contributed by atoms with Gasteiger partial charge in [0.25, 0.3) is 5.91 Å². The molecule has 0 saturated carbocycles. The van der Waals surface area contributed by atoms with E-state index in [4.69, 9.17) is 9.47 Å². The van der Waals surface area contributed by atoms with Crippen LogP contribution in [-0.2, 0) is 6.42 Å². The Hall–Kier alpha value is -4.10. The lowest BCUT2D eigenvalue weighted by Gasteiger charge is -2.10. The van der Waals surface area contributed by atoms with Crippen molar-refractivity contribution in [2.75, 3.05) is 32.6 Å². The molecular weight excluding hydrogens is 470 g/mol. The van der Waals surface area contributed by atoms with Crippen molar-refractivity contribution in [3.05, 3.63) is 113 Å². The van der Waals surface area contributed by atoms with Crippen LogP contribution in [0.5, 0.6) is 11.5 Å². The second-order valence-corrected chi connectivity index (χ2v) is 8.82. The zero-order valence-electron chi connectivity index (χ0n) is 20.4. The molecule has 4 rings (SSSR count). The first kappa shape index (κ1) is 25.0. The van der Waals surface area contributed by atoms with Crippen molar-refractivity contribution in [3.63, 3.8) is 0 Å². The molecule has 0 aliphatic carbocycles. The summed E-state index contributed by atoms with van der Waals surface area (Å²) in [4.78, 5) is 17.0. The number of anilines is 1. The first-order chi connectivity index (χ1) is 17.7. The lowest BCUT2D eigenvalue weighted by molar-refractivity contribution is 0.0950. The number of benzene rings is 3. The Morgan fingerprint density at radius 2 is 1.58 bits per heavy atom. The minimum Gasteiger partial charge on any atom is -0.493 e. The van der Waals surface area contributed by atoms with Crippen LogP contribution < -0.4 is 20.1 Å². The highest BCUT2D eigenvalue weighted by Crippen LogP contribution is 2.27. The minimum atomic E-state index is -0.190. The standard InChI is InChI=1S/C29H29N3O3S/c1-34-26-14-13-21(19-27(26)35-2)15-17-30-28(33)25-20-36-29(32-25)31-18-16-24(22-9-5-3-6-10-22)23-11-7-4-8-12-23/h3-14,16,19-20H,15,17-18H2,1-2H3,(H,30,33)(H,31,32). The number of nitrogens with one attached hydrogen (secondary N) is 2. The van der Waals surface area contributed by atoms with Crippen LogP contribution in [0.3, 0.4) is 0 Å². The number of hydrogen-bond donors (Lipinski definition) is 2. The molecule has 0 fully saturated rings. The third-order valence-electron chi connectivity index (χ3n) is 5.61. The number of ether oxygens (including phenoxy) is 2. The maximum absolute atomic E-state index is 12.6. The normalized spacial score (nSPS) is 10.4. The van der Waals surface area contributed by atoms with E-state index < -0.39 is 0 Å². The molecule has 2 N–H and O–H groups in total. The van der Waals surface area contributed by atoms with Crippen molar-refractivity contribution < 1.29 is 14.3 Å². The van der Waals surface area contributed by atoms with E-state index in [0.29, 0.717) is 41.8 Å². The average Bonchev–Trinajstić information content (AvgIpc) is 3.41. The Morgan fingerprint density at radius 3 is 2.22 bits per heavy atom. The maximum atomic E-state index is 12.6. The van der Waals surface area contributed by atoms with Crippen LogP contribution in [0.2, 0.25) is 0 Å². The molecule has 0 unspecified atom stereocenters. The fraction of sp³-hybridized carbons (Fsp3) is 0.172. The van der Waals surface area contributed by atoms with Crippen LogP contribution >= 0.6 is 11.3 Å². The van der Waals surface area contributed by atoms with Gasteiger partial charge in [-0.2, -0.15) is 0 Å². The van der Waals surface area contributed by atoms with Crippen molar-refractivity contribution in [1.82, 2.24) is 10.3 Å². The van der Waals surface area contributed by atoms with Gasteiger partial charge < -0.3 is 20.1 Å². The number of hydrogen-bond acceptors (Lipinski definition) is 6. The van der Waals surface area contributed by atoms with Crippen molar-refractivity contribution >= 4 is 27.9 Å². The fourth-order valence-electron chi connectivity index (χ4n) is 3.78. The van der Waals surface area contributed by atoms with E-state index in [0.717, 1.165) is 22.3 Å². The van der Waals surface area contributed by atoms with Crippen LogP contribution in [0.1, 0.15) is 27.2 Å². The smallest absolute Gasteiger partial charge is 0.270 e. The number of rotatable bonds is 11. The van der Waals surface area contributed by atoms with E-state index in [1.54, 1.807) is 19.6 Å². The molecule has 0 aliphatic heterocycles. The summed E-state index contributed by atoms with van der Waals surface area (Å²) in [6.07, 6.45) is 2.82. The monoisotopic (exact) mass is 499 g/mol. The Kier molecular flexibility index (Phi) is 8.72. The molecule has 36 heavy (non-hydrogen) atoms. The second kappa shape index (κ2) is 12.6. The molecule has 6 nitrogen and oxygen atoms in total. The van der Waals surface area contributed by atoms with Gasteiger partial charge in [0, 0.05) is 18.5 Å². The second-order valence-electron chi connectivity index (χ2n) is 7.96. The Morgan fingerprint density at radius 1 is 0.917 bits per heavy atom. The molecule has 3 aromatic carbocycles. The van der Waals surface area contributed by atoms with Gasteiger partial charge in [-0.05, 0) is 40.8 Å². The summed E-state index contributed by atoms with van der Waals surface area (Å²) in [6.45, 7) is 1.09. The molecule has 0 saturated heterocycles. The quantitative estimate of drug-likeness (QED) is 0.278. The van der Waals surface area contributed by atoms with Gasteiger partial charge in [-0.3, -0.25) is 4.79 Å². The van der Waals surface area contributed by atoms with E-state index in [1.807, 2.05) is 54.6 Å². The number of amides is 1. The topological polar surface area (TPSA) is 72.5 Å². The van der Waals surface area contributed by atoms with Crippen LogP contribution in [0.4, 0.5) is 5.13 Å². The van der Waals surface area contributed by atoms with Crippen molar-refractivity contribution in [3.8, 4) is 11.5 Å². The van der Waals surface area contributed by atoms with Crippen molar-refractivity contribution in [2.24, 2.45) is 0 Å². The number of carbonyl (C=O) groups excluding carboxylic acids is 1. The summed E-state index contributed by atoms with van der Waals surface area (Å²) in [6, 6.07) is 26.3. The predicted octanol–water partition coefficient (Wildman–Crippen LogP) is 5.68. The molecule has 0 spiro atoms. The van der Waals surface area contributed by atoms with E-state index >= 15 is 0 Å². The van der Waals surface area contributed by atoms with Gasteiger partial charge >= 0.3 is 0 Å². The zero-order valence-corrected chi connectivity index (χ0v) is 21.2. The van der Waals surface area contributed by atoms with Crippen LogP contribution in [0.25, 0.3) is 5.57 Å². The highest BCUT2D eigenvalue weighted by molar-refractivity contribution is 7.13. The molecular formula is C29H29N3O3S. The summed E-state index contributed by atoms with van der Waals surface area (Å²) >= 11 is 1.42. The van der Waals surface area contributed by atoms with E-state index in [9.17, 15) is 4.79 Å². The number of methoxy groups -OCH3 is 2. The van der Waals surface area contributed by atoms with E-state index in [2.05, 4.69) is 46.0 Å². The molecule has 0 bridgehead atoms. The number of nitrogens with zero attached hydrogens (tertiary/aromatic N) is 1. The summed E-state index contributed by atoms with van der Waals surface area (Å²) in [5, 5.41) is 8.73. The largest absolute Gasteiger partial charge is 0.493 e. The maximum Gasteiger partial charge on any atom is 0.270 e.